The Morgan fingerprint density at radius 1 is 1.13 bits per heavy atom. The highest BCUT2D eigenvalue weighted by Gasteiger charge is 2.26. The van der Waals surface area contributed by atoms with Gasteiger partial charge >= 0.3 is 0 Å². The number of hydrogen-bond acceptors (Lipinski definition) is 6. The third-order valence-corrected chi connectivity index (χ3v) is 8.16. The van der Waals surface area contributed by atoms with Crippen LogP contribution >= 0.6 is 11.3 Å². The summed E-state index contributed by atoms with van der Waals surface area (Å²) in [6.07, 6.45) is 4.59. The summed E-state index contributed by atoms with van der Waals surface area (Å²) in [5.74, 6) is 0.320. The lowest BCUT2D eigenvalue weighted by Gasteiger charge is -2.25. The highest BCUT2D eigenvalue weighted by atomic mass is 32.2. The fourth-order valence-electron chi connectivity index (χ4n) is 3.85. The average molecular weight is 460 g/mol. The van der Waals surface area contributed by atoms with E-state index in [0.717, 1.165) is 35.8 Å². The number of thiazole rings is 1. The zero-order valence-electron chi connectivity index (χ0n) is 17.6. The van der Waals surface area contributed by atoms with Crippen molar-refractivity contribution in [2.24, 2.45) is 0 Å². The Balaban J connectivity index is 1.43. The van der Waals surface area contributed by atoms with E-state index in [2.05, 4.69) is 4.98 Å². The van der Waals surface area contributed by atoms with Gasteiger partial charge < -0.3 is 4.74 Å². The first kappa shape index (κ1) is 21.7. The topological polar surface area (TPSA) is 81.5 Å². The maximum absolute atomic E-state index is 12.7. The molecule has 9 heteroatoms. The molecular formula is C22H25N3O4S2. The number of nitrogens with zero attached hydrogens (tertiary/aromatic N) is 3. The molecule has 31 heavy (non-hydrogen) atoms. The Bertz CT molecular complexity index is 1160. The van der Waals surface area contributed by atoms with E-state index in [0.29, 0.717) is 24.4 Å². The number of carbonyl (C=O) groups excluding carboxylic acids is 1. The van der Waals surface area contributed by atoms with E-state index in [1.165, 1.54) is 27.8 Å². The molecule has 0 aliphatic carbocycles. The Kier molecular flexibility index (Phi) is 6.27. The molecule has 164 valence electrons. The molecule has 3 aromatic rings. The molecule has 0 spiro atoms. The van der Waals surface area contributed by atoms with Gasteiger partial charge in [-0.2, -0.15) is 4.31 Å². The van der Waals surface area contributed by atoms with Gasteiger partial charge in [0.2, 0.25) is 15.8 Å². The van der Waals surface area contributed by atoms with Gasteiger partial charge in [0.25, 0.3) is 0 Å². The lowest BCUT2D eigenvalue weighted by atomic mass is 10.1. The second kappa shape index (κ2) is 8.94. The number of sulfonamides is 1. The van der Waals surface area contributed by atoms with E-state index in [1.54, 1.807) is 18.3 Å². The molecule has 0 amide bonds. The van der Waals surface area contributed by atoms with Crippen molar-refractivity contribution in [3.8, 4) is 10.9 Å². The SMILES string of the molecule is Cc1cc(C(=O)COc2ccc(S(=O)(=O)N3CCCCC3)cc2)c(C)n1-c1nccs1. The summed E-state index contributed by atoms with van der Waals surface area (Å²) in [4.78, 5) is 17.3. The standard InChI is InChI=1S/C22H25N3O4S2/c1-16-14-20(17(2)25(16)22-23-10-13-30-22)21(26)15-29-18-6-8-19(9-7-18)31(27,28)24-11-4-3-5-12-24/h6-10,13-14H,3-5,11-12,15H2,1-2H3. The molecule has 3 heterocycles. The molecule has 0 unspecified atom stereocenters. The minimum atomic E-state index is -3.48. The van der Waals surface area contributed by atoms with Crippen LogP contribution in [0.2, 0.25) is 0 Å². The molecule has 1 fully saturated rings. The van der Waals surface area contributed by atoms with Crippen molar-refractivity contribution in [1.82, 2.24) is 13.9 Å². The molecule has 7 nitrogen and oxygen atoms in total. The third-order valence-electron chi connectivity index (χ3n) is 5.49. The first-order valence-electron chi connectivity index (χ1n) is 10.2. The van der Waals surface area contributed by atoms with Crippen LogP contribution in [0.15, 0.2) is 46.8 Å². The van der Waals surface area contributed by atoms with Crippen LogP contribution in [0.1, 0.15) is 41.0 Å². The van der Waals surface area contributed by atoms with Crippen LogP contribution in [0, 0.1) is 13.8 Å². The van der Waals surface area contributed by atoms with Gasteiger partial charge in [-0.05, 0) is 57.0 Å². The maximum atomic E-state index is 12.7. The third kappa shape index (κ3) is 4.44. The number of hydrogen-bond donors (Lipinski definition) is 0. The minimum absolute atomic E-state index is 0.125. The lowest BCUT2D eigenvalue weighted by Crippen LogP contribution is -2.35. The molecule has 0 atom stereocenters. The summed E-state index contributed by atoms with van der Waals surface area (Å²) < 4.78 is 34.6. The molecule has 1 aliphatic rings. The van der Waals surface area contributed by atoms with E-state index in [9.17, 15) is 13.2 Å². The Labute approximate surface area is 186 Å². The second-order valence-corrected chi connectivity index (χ2v) is 10.4. The van der Waals surface area contributed by atoms with Crippen molar-refractivity contribution < 1.29 is 17.9 Å². The van der Waals surface area contributed by atoms with Crippen LogP contribution in [-0.2, 0) is 10.0 Å². The van der Waals surface area contributed by atoms with Crippen molar-refractivity contribution in [2.75, 3.05) is 19.7 Å². The van der Waals surface area contributed by atoms with E-state index >= 15 is 0 Å². The number of rotatable bonds is 7. The van der Waals surface area contributed by atoms with Gasteiger partial charge in [-0.15, -0.1) is 11.3 Å². The van der Waals surface area contributed by atoms with E-state index in [-0.39, 0.29) is 17.3 Å². The highest BCUT2D eigenvalue weighted by molar-refractivity contribution is 7.89. The second-order valence-electron chi connectivity index (χ2n) is 7.58. The summed E-state index contributed by atoms with van der Waals surface area (Å²) in [7, 11) is -3.48. The van der Waals surface area contributed by atoms with E-state index < -0.39 is 10.0 Å². The van der Waals surface area contributed by atoms with Gasteiger partial charge in [-0.1, -0.05) is 6.42 Å². The molecular weight excluding hydrogens is 434 g/mol. The molecule has 0 saturated carbocycles. The van der Waals surface area contributed by atoms with Crippen LogP contribution < -0.4 is 4.74 Å². The van der Waals surface area contributed by atoms with Crippen LogP contribution in [0.25, 0.3) is 5.13 Å². The van der Waals surface area contributed by atoms with Crippen LogP contribution in [0.5, 0.6) is 5.75 Å². The summed E-state index contributed by atoms with van der Waals surface area (Å²) in [6.45, 7) is 4.83. The van der Waals surface area contributed by atoms with Gasteiger partial charge in [0.15, 0.2) is 11.7 Å². The van der Waals surface area contributed by atoms with Crippen molar-refractivity contribution in [3.63, 3.8) is 0 Å². The molecule has 1 aliphatic heterocycles. The van der Waals surface area contributed by atoms with Crippen molar-refractivity contribution >= 4 is 27.1 Å². The maximum Gasteiger partial charge on any atom is 0.243 e. The number of ketones is 1. The number of ether oxygens (including phenoxy) is 1. The number of aromatic nitrogens is 2. The first-order chi connectivity index (χ1) is 14.9. The quantitative estimate of drug-likeness (QED) is 0.499. The predicted molar refractivity (Wildman–Crippen MR) is 120 cm³/mol. The van der Waals surface area contributed by atoms with Crippen molar-refractivity contribution in [3.05, 3.63) is 58.9 Å². The van der Waals surface area contributed by atoms with Crippen LogP contribution in [0.3, 0.4) is 0 Å². The molecule has 0 radical (unpaired) electrons. The van der Waals surface area contributed by atoms with Gasteiger partial charge in [0, 0.05) is 41.6 Å². The smallest absolute Gasteiger partial charge is 0.243 e. The molecule has 1 aromatic carbocycles. The zero-order valence-corrected chi connectivity index (χ0v) is 19.2. The van der Waals surface area contributed by atoms with Gasteiger partial charge in [0.05, 0.1) is 4.90 Å². The lowest BCUT2D eigenvalue weighted by molar-refractivity contribution is 0.0921. The monoisotopic (exact) mass is 459 g/mol. The molecule has 4 rings (SSSR count). The van der Waals surface area contributed by atoms with Crippen LogP contribution in [0.4, 0.5) is 0 Å². The summed E-state index contributed by atoms with van der Waals surface area (Å²) in [5, 5.41) is 2.72. The fourth-order valence-corrected chi connectivity index (χ4v) is 6.12. The normalized spacial score (nSPS) is 15.2. The van der Waals surface area contributed by atoms with Gasteiger partial charge in [-0.25, -0.2) is 13.4 Å². The summed E-state index contributed by atoms with van der Waals surface area (Å²) >= 11 is 1.51. The molecule has 0 N–H and O–H groups in total. The number of carbonyl (C=O) groups is 1. The predicted octanol–water partition coefficient (Wildman–Crippen LogP) is 3.99. The number of Topliss-reactive ketones (excluding diaryl/α,β-unsaturated/α-hetero) is 1. The number of benzene rings is 1. The Morgan fingerprint density at radius 3 is 2.48 bits per heavy atom. The van der Waals surface area contributed by atoms with Crippen molar-refractivity contribution in [2.45, 2.75) is 38.0 Å². The fraction of sp³-hybridized carbons (Fsp3) is 0.364. The van der Waals surface area contributed by atoms with Gasteiger partial charge in [-0.3, -0.25) is 9.36 Å². The number of piperidine rings is 1. The number of aryl methyl sites for hydroxylation is 1. The van der Waals surface area contributed by atoms with E-state index in [1.807, 2.05) is 29.9 Å². The first-order valence-corrected chi connectivity index (χ1v) is 12.5. The van der Waals surface area contributed by atoms with Gasteiger partial charge in [0.1, 0.15) is 5.75 Å². The molecule has 1 saturated heterocycles. The highest BCUT2D eigenvalue weighted by Crippen LogP contribution is 2.24. The Hall–Kier alpha value is -2.49. The van der Waals surface area contributed by atoms with Crippen LogP contribution in [-0.4, -0.2) is 47.8 Å². The van der Waals surface area contributed by atoms with E-state index in [4.69, 9.17) is 4.74 Å². The van der Waals surface area contributed by atoms with Crippen molar-refractivity contribution in [1.29, 1.82) is 0 Å². The average Bonchev–Trinajstić information content (AvgIpc) is 3.40. The largest absolute Gasteiger partial charge is 0.485 e. The summed E-state index contributed by atoms with van der Waals surface area (Å²) in [6, 6.07) is 8.12. The minimum Gasteiger partial charge on any atom is -0.485 e. The molecule has 0 bridgehead atoms. The zero-order chi connectivity index (χ0) is 22.0. The Morgan fingerprint density at radius 2 is 1.84 bits per heavy atom. The molecule has 2 aromatic heterocycles. The summed E-state index contributed by atoms with van der Waals surface area (Å²) in [5.41, 5.74) is 2.35.